The number of aromatic amines is 1. The summed E-state index contributed by atoms with van der Waals surface area (Å²) >= 11 is 6.82. The summed E-state index contributed by atoms with van der Waals surface area (Å²) < 4.78 is 12.6. The van der Waals surface area contributed by atoms with Crippen molar-refractivity contribution in [1.82, 2.24) is 14.9 Å². The van der Waals surface area contributed by atoms with Crippen molar-refractivity contribution in [2.45, 2.75) is 0 Å². The molecule has 2 heterocycles. The van der Waals surface area contributed by atoms with Crippen LogP contribution in [0.2, 0.25) is 0 Å². The maximum Gasteiger partial charge on any atom is 0.216 e. The molecule has 3 rings (SSSR count). The lowest BCUT2D eigenvalue weighted by atomic mass is 10.2. The summed E-state index contributed by atoms with van der Waals surface area (Å²) in [7, 11) is 3.22. The van der Waals surface area contributed by atoms with Gasteiger partial charge in [-0.1, -0.05) is 6.07 Å². The molecule has 0 fully saturated rings. The normalized spacial score (nSPS) is 11.0. The minimum absolute atomic E-state index is 0.428. The highest BCUT2D eigenvalue weighted by Crippen LogP contribution is 2.24. The zero-order valence-corrected chi connectivity index (χ0v) is 14.1. The van der Waals surface area contributed by atoms with Crippen LogP contribution in [0.25, 0.3) is 10.7 Å². The molecule has 0 amide bonds. The monoisotopic (exact) mass is 346 g/mol. The smallest absolute Gasteiger partial charge is 0.216 e. The predicted octanol–water partition coefficient (Wildman–Crippen LogP) is 3.57. The summed E-state index contributed by atoms with van der Waals surface area (Å²) in [4.78, 5) is 0.983. The largest absolute Gasteiger partial charge is 0.497 e. The van der Waals surface area contributed by atoms with Crippen molar-refractivity contribution in [3.8, 4) is 22.2 Å². The molecule has 1 N–H and O–H groups in total. The van der Waals surface area contributed by atoms with Crippen LogP contribution in [-0.4, -0.2) is 35.3 Å². The average Bonchev–Trinajstić information content (AvgIpc) is 3.22. The molecule has 0 bridgehead atoms. The van der Waals surface area contributed by atoms with E-state index in [2.05, 4.69) is 15.3 Å². The van der Waals surface area contributed by atoms with E-state index >= 15 is 0 Å². The van der Waals surface area contributed by atoms with Crippen LogP contribution in [0, 0.1) is 4.77 Å². The fourth-order valence-electron chi connectivity index (χ4n) is 2.01. The van der Waals surface area contributed by atoms with Crippen LogP contribution in [0.3, 0.4) is 0 Å². The second kappa shape index (κ2) is 6.76. The van der Waals surface area contributed by atoms with Crippen molar-refractivity contribution in [1.29, 1.82) is 0 Å². The number of ether oxygens (including phenoxy) is 2. The first-order valence-corrected chi connectivity index (χ1v) is 7.99. The van der Waals surface area contributed by atoms with Crippen LogP contribution in [0.4, 0.5) is 0 Å². The number of methoxy groups -OCH3 is 2. The maximum absolute atomic E-state index is 5.36. The van der Waals surface area contributed by atoms with E-state index in [4.69, 9.17) is 21.7 Å². The molecule has 23 heavy (non-hydrogen) atoms. The number of nitrogens with one attached hydrogen (secondary N) is 1. The highest BCUT2D eigenvalue weighted by molar-refractivity contribution is 7.71. The van der Waals surface area contributed by atoms with Crippen molar-refractivity contribution in [3.05, 3.63) is 46.0 Å². The number of nitrogens with zero attached hydrogens (tertiary/aromatic N) is 3. The molecule has 0 saturated carbocycles. The summed E-state index contributed by atoms with van der Waals surface area (Å²) in [5, 5.41) is 13.4. The van der Waals surface area contributed by atoms with Gasteiger partial charge in [0.2, 0.25) is 4.77 Å². The van der Waals surface area contributed by atoms with Gasteiger partial charge in [-0.15, -0.1) is 11.3 Å². The van der Waals surface area contributed by atoms with Gasteiger partial charge in [-0.05, 0) is 35.8 Å². The van der Waals surface area contributed by atoms with Crippen molar-refractivity contribution in [2.24, 2.45) is 5.10 Å². The topological polar surface area (TPSA) is 64.4 Å². The van der Waals surface area contributed by atoms with Crippen molar-refractivity contribution < 1.29 is 9.47 Å². The third-order valence-electron chi connectivity index (χ3n) is 3.14. The zero-order chi connectivity index (χ0) is 16.2. The third kappa shape index (κ3) is 3.17. The van der Waals surface area contributed by atoms with E-state index in [1.807, 2.05) is 29.6 Å². The molecule has 1 aromatic carbocycles. The molecule has 8 heteroatoms. The van der Waals surface area contributed by atoms with Gasteiger partial charge in [0.25, 0.3) is 0 Å². The molecule has 0 radical (unpaired) electrons. The Kier molecular flexibility index (Phi) is 4.54. The molecule has 6 nitrogen and oxygen atoms in total. The van der Waals surface area contributed by atoms with Crippen molar-refractivity contribution in [3.63, 3.8) is 0 Å². The summed E-state index contributed by atoms with van der Waals surface area (Å²) in [6.45, 7) is 0. The van der Waals surface area contributed by atoms with E-state index in [0.717, 1.165) is 16.2 Å². The molecule has 0 atom stereocenters. The number of aromatic nitrogens is 3. The molecule has 0 unspecified atom stereocenters. The van der Waals surface area contributed by atoms with E-state index in [0.29, 0.717) is 16.3 Å². The fraction of sp³-hybridized carbons (Fsp3) is 0.133. The van der Waals surface area contributed by atoms with Crippen LogP contribution in [0.15, 0.2) is 40.8 Å². The fourth-order valence-corrected chi connectivity index (χ4v) is 2.89. The van der Waals surface area contributed by atoms with E-state index in [9.17, 15) is 0 Å². The number of hydrogen-bond donors (Lipinski definition) is 1. The second-order valence-electron chi connectivity index (χ2n) is 4.49. The molecular weight excluding hydrogens is 332 g/mol. The van der Waals surface area contributed by atoms with Crippen LogP contribution >= 0.6 is 23.6 Å². The Morgan fingerprint density at radius 2 is 2.17 bits per heavy atom. The second-order valence-corrected chi connectivity index (χ2v) is 5.83. The molecule has 0 spiro atoms. The zero-order valence-electron chi connectivity index (χ0n) is 12.5. The Morgan fingerprint density at radius 1 is 1.30 bits per heavy atom. The van der Waals surface area contributed by atoms with Gasteiger partial charge in [-0.3, -0.25) is 0 Å². The van der Waals surface area contributed by atoms with Crippen LogP contribution in [0.5, 0.6) is 11.5 Å². The lowest BCUT2D eigenvalue weighted by Gasteiger charge is -2.07. The van der Waals surface area contributed by atoms with Crippen molar-refractivity contribution >= 4 is 29.8 Å². The number of hydrogen-bond acceptors (Lipinski definition) is 6. The van der Waals surface area contributed by atoms with Gasteiger partial charge in [0, 0.05) is 11.6 Å². The number of H-pyrrole nitrogens is 1. The molecule has 0 aliphatic heterocycles. The lowest BCUT2D eigenvalue weighted by Crippen LogP contribution is -1.96. The Hall–Kier alpha value is -2.45. The van der Waals surface area contributed by atoms with Gasteiger partial charge in [0.05, 0.1) is 25.3 Å². The maximum atomic E-state index is 5.36. The minimum Gasteiger partial charge on any atom is -0.497 e. The van der Waals surface area contributed by atoms with E-state index in [1.165, 1.54) is 0 Å². The molecule has 0 aliphatic carbocycles. The summed E-state index contributed by atoms with van der Waals surface area (Å²) in [6.07, 6.45) is 1.68. The molecule has 118 valence electrons. The van der Waals surface area contributed by atoms with Crippen LogP contribution in [0.1, 0.15) is 5.56 Å². The molecule has 0 aliphatic rings. The molecule has 3 aromatic rings. The number of thiophene rings is 1. The number of benzene rings is 1. The summed E-state index contributed by atoms with van der Waals surface area (Å²) in [5.41, 5.74) is 0.813. The molecule has 0 saturated heterocycles. The Labute approximate surface area is 142 Å². The van der Waals surface area contributed by atoms with Gasteiger partial charge in [-0.25, -0.2) is 5.10 Å². The predicted molar refractivity (Wildman–Crippen MR) is 93.3 cm³/mol. The minimum atomic E-state index is 0.428. The van der Waals surface area contributed by atoms with Crippen LogP contribution < -0.4 is 9.47 Å². The standard InChI is InChI=1S/C15H14N4O2S2/c1-20-11-6-5-10(12(8-11)21-2)9-16-19-14(17-18-15(19)22)13-4-3-7-23-13/h3-9H,1-2H3,(H,18,22)/b16-9+. The van der Waals surface area contributed by atoms with Crippen molar-refractivity contribution in [2.75, 3.05) is 14.2 Å². The number of rotatable bonds is 5. The lowest BCUT2D eigenvalue weighted by molar-refractivity contribution is 0.394. The van der Waals surface area contributed by atoms with Crippen LogP contribution in [-0.2, 0) is 0 Å². The quantitative estimate of drug-likeness (QED) is 0.567. The van der Waals surface area contributed by atoms with E-state index < -0.39 is 0 Å². The van der Waals surface area contributed by atoms with E-state index in [-0.39, 0.29) is 0 Å². The first kappa shape index (κ1) is 15.4. The first-order chi connectivity index (χ1) is 11.2. The summed E-state index contributed by atoms with van der Waals surface area (Å²) in [5.74, 6) is 2.06. The summed E-state index contributed by atoms with van der Waals surface area (Å²) in [6, 6.07) is 9.44. The third-order valence-corrected chi connectivity index (χ3v) is 4.27. The first-order valence-electron chi connectivity index (χ1n) is 6.70. The highest BCUT2D eigenvalue weighted by atomic mass is 32.1. The van der Waals surface area contributed by atoms with Gasteiger partial charge in [0.1, 0.15) is 11.5 Å². The van der Waals surface area contributed by atoms with Gasteiger partial charge in [-0.2, -0.15) is 14.9 Å². The molecule has 2 aromatic heterocycles. The Bertz CT molecular complexity index is 881. The SMILES string of the molecule is COc1ccc(/C=N/n2c(-c3cccs3)n[nH]c2=S)c(OC)c1. The van der Waals surface area contributed by atoms with Gasteiger partial charge >= 0.3 is 0 Å². The van der Waals surface area contributed by atoms with Gasteiger partial charge in [0.15, 0.2) is 5.82 Å². The Morgan fingerprint density at radius 3 is 2.87 bits per heavy atom. The molecular formula is C15H14N4O2S2. The van der Waals surface area contributed by atoms with E-state index in [1.54, 1.807) is 42.5 Å². The Balaban J connectivity index is 1.98. The average molecular weight is 346 g/mol. The van der Waals surface area contributed by atoms with Gasteiger partial charge < -0.3 is 9.47 Å². The highest BCUT2D eigenvalue weighted by Gasteiger charge is 2.09.